The largest absolute Gasteiger partial charge is 0.481 e. The molecule has 0 radical (unpaired) electrons. The Bertz CT molecular complexity index is 955. The maximum atomic E-state index is 12.4. The fourth-order valence-electron chi connectivity index (χ4n) is 3.24. The summed E-state index contributed by atoms with van der Waals surface area (Å²) >= 11 is 5.95. The molecule has 1 fully saturated rings. The molecular formula is C20H20ClN5O2. The first-order valence-corrected chi connectivity index (χ1v) is 9.37. The van der Waals surface area contributed by atoms with Crippen molar-refractivity contribution in [3.8, 4) is 17.1 Å². The van der Waals surface area contributed by atoms with Crippen molar-refractivity contribution in [1.29, 1.82) is 0 Å². The molecule has 1 aromatic carbocycles. The number of methoxy groups -OCH3 is 1. The third-order valence-electron chi connectivity index (χ3n) is 4.77. The normalized spacial score (nSPS) is 16.2. The van der Waals surface area contributed by atoms with Crippen molar-refractivity contribution in [2.24, 2.45) is 0 Å². The average Bonchev–Trinajstić information content (AvgIpc) is 3.38. The van der Waals surface area contributed by atoms with Crippen molar-refractivity contribution in [3.63, 3.8) is 0 Å². The van der Waals surface area contributed by atoms with Crippen LogP contribution in [0.1, 0.15) is 16.8 Å². The minimum Gasteiger partial charge on any atom is -0.481 e. The molecule has 1 aliphatic heterocycles. The van der Waals surface area contributed by atoms with Crippen LogP contribution < -0.4 is 15.0 Å². The summed E-state index contributed by atoms with van der Waals surface area (Å²) in [6, 6.07) is 13.1. The maximum Gasteiger partial charge on any atom is 0.253 e. The monoisotopic (exact) mass is 397 g/mol. The molecule has 3 heterocycles. The standard InChI is InChI=1S/C20H20ClN5O2/c1-28-19-7-4-14(11-22-19)20(27)23-16-8-9-26(12-16)18-10-17(24-25-18)13-2-5-15(21)6-3-13/h2-7,10-11,16H,8-9,12H2,1H3,(H,23,27)(H,24,25)/t16-/m1/s1. The minimum absolute atomic E-state index is 0.0604. The Morgan fingerprint density at radius 1 is 1.29 bits per heavy atom. The molecule has 0 saturated carbocycles. The highest BCUT2D eigenvalue weighted by Crippen LogP contribution is 2.25. The van der Waals surface area contributed by atoms with Crippen molar-refractivity contribution in [2.75, 3.05) is 25.1 Å². The van der Waals surface area contributed by atoms with Gasteiger partial charge in [-0.1, -0.05) is 23.7 Å². The molecule has 1 saturated heterocycles. The summed E-state index contributed by atoms with van der Waals surface area (Å²) in [5.41, 5.74) is 2.48. The van der Waals surface area contributed by atoms with Crippen LogP contribution in [0.25, 0.3) is 11.3 Å². The number of halogens is 1. The van der Waals surface area contributed by atoms with Gasteiger partial charge in [-0.3, -0.25) is 9.89 Å². The summed E-state index contributed by atoms with van der Waals surface area (Å²) in [5.74, 6) is 1.22. The highest BCUT2D eigenvalue weighted by Gasteiger charge is 2.26. The van der Waals surface area contributed by atoms with E-state index in [-0.39, 0.29) is 11.9 Å². The first-order valence-electron chi connectivity index (χ1n) is 8.99. The van der Waals surface area contributed by atoms with Crippen molar-refractivity contribution >= 4 is 23.3 Å². The fourth-order valence-corrected chi connectivity index (χ4v) is 3.37. The highest BCUT2D eigenvalue weighted by molar-refractivity contribution is 6.30. The lowest BCUT2D eigenvalue weighted by molar-refractivity contribution is 0.0940. The summed E-state index contributed by atoms with van der Waals surface area (Å²) in [5, 5.41) is 11.3. The van der Waals surface area contributed by atoms with E-state index in [0.29, 0.717) is 23.0 Å². The topological polar surface area (TPSA) is 83.1 Å². The smallest absolute Gasteiger partial charge is 0.253 e. The summed E-state index contributed by atoms with van der Waals surface area (Å²) in [6.07, 6.45) is 2.38. The zero-order valence-corrected chi connectivity index (χ0v) is 16.1. The predicted octanol–water partition coefficient (Wildman–Crippen LogP) is 3.14. The molecule has 7 nitrogen and oxygen atoms in total. The number of hydrogen-bond acceptors (Lipinski definition) is 5. The minimum atomic E-state index is -0.133. The van der Waals surface area contributed by atoms with Gasteiger partial charge < -0.3 is 15.0 Å². The van der Waals surface area contributed by atoms with Gasteiger partial charge in [-0.2, -0.15) is 5.10 Å². The lowest BCUT2D eigenvalue weighted by Gasteiger charge is -2.16. The van der Waals surface area contributed by atoms with Gasteiger partial charge in [0.2, 0.25) is 5.88 Å². The van der Waals surface area contributed by atoms with Crippen LogP contribution >= 0.6 is 11.6 Å². The molecule has 4 rings (SSSR count). The summed E-state index contributed by atoms with van der Waals surface area (Å²) in [6.45, 7) is 1.54. The molecule has 28 heavy (non-hydrogen) atoms. The molecular weight excluding hydrogens is 378 g/mol. The van der Waals surface area contributed by atoms with E-state index in [1.807, 2.05) is 30.3 Å². The Balaban J connectivity index is 1.37. The van der Waals surface area contributed by atoms with E-state index in [2.05, 4.69) is 25.4 Å². The molecule has 0 unspecified atom stereocenters. The van der Waals surface area contributed by atoms with Gasteiger partial charge in [0.15, 0.2) is 5.82 Å². The molecule has 8 heteroatoms. The van der Waals surface area contributed by atoms with Crippen LogP contribution in [0.2, 0.25) is 5.02 Å². The Hall–Kier alpha value is -3.06. The number of anilines is 1. The Kier molecular flexibility index (Phi) is 5.16. The van der Waals surface area contributed by atoms with Gasteiger partial charge in [0.05, 0.1) is 18.4 Å². The second kappa shape index (κ2) is 7.90. The van der Waals surface area contributed by atoms with E-state index in [4.69, 9.17) is 16.3 Å². The zero-order valence-electron chi connectivity index (χ0n) is 15.4. The number of hydrogen-bond donors (Lipinski definition) is 2. The van der Waals surface area contributed by atoms with E-state index < -0.39 is 0 Å². The molecule has 2 aromatic heterocycles. The summed E-state index contributed by atoms with van der Waals surface area (Å²) in [7, 11) is 1.54. The molecule has 1 amide bonds. The van der Waals surface area contributed by atoms with Crippen molar-refractivity contribution in [2.45, 2.75) is 12.5 Å². The fraction of sp³-hybridized carbons (Fsp3) is 0.250. The molecule has 0 bridgehead atoms. The lowest BCUT2D eigenvalue weighted by Crippen LogP contribution is -2.37. The number of rotatable bonds is 5. The Morgan fingerprint density at radius 3 is 2.82 bits per heavy atom. The Labute approximate surface area is 167 Å². The molecule has 2 N–H and O–H groups in total. The molecule has 1 aliphatic rings. The van der Waals surface area contributed by atoms with Gasteiger partial charge >= 0.3 is 0 Å². The van der Waals surface area contributed by atoms with Gasteiger partial charge in [0, 0.05) is 42.5 Å². The van der Waals surface area contributed by atoms with Gasteiger partial charge in [-0.15, -0.1) is 0 Å². The van der Waals surface area contributed by atoms with E-state index in [9.17, 15) is 4.79 Å². The first-order chi connectivity index (χ1) is 13.6. The van der Waals surface area contributed by atoms with E-state index in [1.165, 1.54) is 6.20 Å². The molecule has 1 atom stereocenters. The third-order valence-corrected chi connectivity index (χ3v) is 5.03. The molecule has 3 aromatic rings. The number of aromatic amines is 1. The van der Waals surface area contributed by atoms with E-state index in [1.54, 1.807) is 19.2 Å². The highest BCUT2D eigenvalue weighted by atomic mass is 35.5. The summed E-state index contributed by atoms with van der Waals surface area (Å²) in [4.78, 5) is 18.7. The number of aromatic nitrogens is 3. The van der Waals surface area contributed by atoms with Gasteiger partial charge in [0.1, 0.15) is 0 Å². The maximum absolute atomic E-state index is 12.4. The van der Waals surface area contributed by atoms with E-state index in [0.717, 1.165) is 30.0 Å². The number of pyridine rings is 1. The number of nitrogens with zero attached hydrogens (tertiary/aromatic N) is 3. The van der Waals surface area contributed by atoms with Crippen molar-refractivity contribution in [3.05, 3.63) is 59.2 Å². The van der Waals surface area contributed by atoms with Crippen LogP contribution in [0.3, 0.4) is 0 Å². The quantitative estimate of drug-likeness (QED) is 0.691. The van der Waals surface area contributed by atoms with Crippen LogP contribution in [0.4, 0.5) is 5.82 Å². The number of benzene rings is 1. The van der Waals surface area contributed by atoms with E-state index >= 15 is 0 Å². The lowest BCUT2D eigenvalue weighted by atomic mass is 10.1. The second-order valence-corrected chi connectivity index (χ2v) is 7.08. The van der Waals surface area contributed by atoms with Gasteiger partial charge in [0.25, 0.3) is 5.91 Å². The average molecular weight is 398 g/mol. The Morgan fingerprint density at radius 2 is 2.11 bits per heavy atom. The second-order valence-electron chi connectivity index (χ2n) is 6.64. The zero-order chi connectivity index (χ0) is 19.5. The number of H-pyrrole nitrogens is 1. The van der Waals surface area contributed by atoms with Crippen LogP contribution in [0.15, 0.2) is 48.7 Å². The van der Waals surface area contributed by atoms with Crippen LogP contribution in [0.5, 0.6) is 5.88 Å². The van der Waals surface area contributed by atoms with Gasteiger partial charge in [-0.25, -0.2) is 4.98 Å². The van der Waals surface area contributed by atoms with Crippen LogP contribution in [-0.4, -0.2) is 47.3 Å². The number of carbonyl (C=O) groups is 1. The molecule has 0 aliphatic carbocycles. The first kappa shape index (κ1) is 18.3. The number of ether oxygens (including phenoxy) is 1. The van der Waals surface area contributed by atoms with Crippen LogP contribution in [0, 0.1) is 0 Å². The SMILES string of the molecule is COc1ccc(C(=O)N[C@@H]2CCN(c3cc(-c4ccc(Cl)cc4)[nH]n3)C2)cn1. The van der Waals surface area contributed by atoms with Crippen LogP contribution in [-0.2, 0) is 0 Å². The molecule has 0 spiro atoms. The van der Waals surface area contributed by atoms with Gasteiger partial charge in [-0.05, 0) is 30.2 Å². The number of nitrogens with one attached hydrogen (secondary N) is 2. The van der Waals surface area contributed by atoms with Crippen molar-refractivity contribution in [1.82, 2.24) is 20.5 Å². The summed E-state index contributed by atoms with van der Waals surface area (Å²) < 4.78 is 5.02. The number of carbonyl (C=O) groups excluding carboxylic acids is 1. The van der Waals surface area contributed by atoms with Crippen molar-refractivity contribution < 1.29 is 9.53 Å². The third kappa shape index (κ3) is 3.94. The molecule has 144 valence electrons. The predicted molar refractivity (Wildman–Crippen MR) is 108 cm³/mol. The number of amides is 1.